The van der Waals surface area contributed by atoms with Gasteiger partial charge in [-0.25, -0.2) is 0 Å². The van der Waals surface area contributed by atoms with Gasteiger partial charge in [-0.15, -0.1) is 0 Å². The molecule has 188 valence electrons. The van der Waals surface area contributed by atoms with Crippen LogP contribution in [0.1, 0.15) is 53.9 Å². The van der Waals surface area contributed by atoms with Crippen LogP contribution in [0.4, 0.5) is 24.5 Å². The third-order valence-corrected chi connectivity index (χ3v) is 5.80. The van der Waals surface area contributed by atoms with Crippen LogP contribution in [0.2, 0.25) is 0 Å². The van der Waals surface area contributed by atoms with Crippen LogP contribution < -0.4 is 10.6 Å². The molecule has 2 rings (SSSR count). The fourth-order valence-corrected chi connectivity index (χ4v) is 3.90. The first-order chi connectivity index (χ1) is 16.3. The van der Waals surface area contributed by atoms with Crippen molar-refractivity contribution in [3.8, 4) is 0 Å². The Morgan fingerprint density at radius 1 is 0.971 bits per heavy atom. The van der Waals surface area contributed by atoms with Crippen molar-refractivity contribution in [2.75, 3.05) is 10.6 Å². The van der Waals surface area contributed by atoms with E-state index >= 15 is 0 Å². The summed E-state index contributed by atoms with van der Waals surface area (Å²) in [6.45, 7) is 10.6. The molecular formula is C28H33F3N2O2. The topological polar surface area (TPSA) is 58.2 Å². The Kier molecular flexibility index (Phi) is 9.46. The quantitative estimate of drug-likeness (QED) is 0.307. The summed E-state index contributed by atoms with van der Waals surface area (Å²) in [4.78, 5) is 23.2. The van der Waals surface area contributed by atoms with Gasteiger partial charge in [-0.1, -0.05) is 55.4 Å². The lowest BCUT2D eigenvalue weighted by Gasteiger charge is -2.32. The van der Waals surface area contributed by atoms with Crippen molar-refractivity contribution in [1.82, 2.24) is 0 Å². The Morgan fingerprint density at radius 3 is 2.14 bits per heavy atom. The molecule has 7 heteroatoms. The summed E-state index contributed by atoms with van der Waals surface area (Å²) in [5.74, 6) is -2.42. The summed E-state index contributed by atoms with van der Waals surface area (Å²) >= 11 is 0. The molecule has 0 atom stereocenters. The minimum atomic E-state index is -4.96. The molecule has 0 aromatic heterocycles. The number of nitrogens with one attached hydrogen (secondary N) is 2. The zero-order valence-corrected chi connectivity index (χ0v) is 20.8. The molecule has 1 aliphatic carbocycles. The van der Waals surface area contributed by atoms with Gasteiger partial charge in [0.05, 0.1) is 0 Å². The molecule has 0 spiro atoms. The summed E-state index contributed by atoms with van der Waals surface area (Å²) in [6, 6.07) is 5.38. The average molecular weight is 487 g/mol. The number of carbonyl (C=O) groups excluding carboxylic acids is 2. The highest BCUT2D eigenvalue weighted by Gasteiger charge is 2.38. The Labute approximate surface area is 205 Å². The van der Waals surface area contributed by atoms with Crippen molar-refractivity contribution >= 4 is 23.2 Å². The van der Waals surface area contributed by atoms with Gasteiger partial charge in [-0.3, -0.25) is 9.59 Å². The number of hydrogen-bond donors (Lipinski definition) is 2. The highest BCUT2D eigenvalue weighted by atomic mass is 19.4. The largest absolute Gasteiger partial charge is 0.471 e. The van der Waals surface area contributed by atoms with E-state index in [1.54, 1.807) is 12.2 Å². The van der Waals surface area contributed by atoms with Crippen LogP contribution in [0.25, 0.3) is 0 Å². The van der Waals surface area contributed by atoms with Crippen molar-refractivity contribution in [1.29, 1.82) is 0 Å². The maximum absolute atomic E-state index is 12.3. The predicted octanol–water partition coefficient (Wildman–Crippen LogP) is 7.66. The summed E-state index contributed by atoms with van der Waals surface area (Å²) < 4.78 is 36.9. The Morgan fingerprint density at radius 2 is 1.57 bits per heavy atom. The lowest BCUT2D eigenvalue weighted by molar-refractivity contribution is -0.167. The number of anilines is 2. The monoisotopic (exact) mass is 486 g/mol. The number of halogens is 3. The van der Waals surface area contributed by atoms with Gasteiger partial charge in [-0.05, 0) is 80.9 Å². The molecule has 35 heavy (non-hydrogen) atoms. The zero-order valence-electron chi connectivity index (χ0n) is 20.8. The molecule has 0 radical (unpaired) electrons. The fourth-order valence-electron chi connectivity index (χ4n) is 3.90. The van der Waals surface area contributed by atoms with Gasteiger partial charge in [0.25, 0.3) is 0 Å². The van der Waals surface area contributed by atoms with E-state index in [0.29, 0.717) is 5.69 Å². The van der Waals surface area contributed by atoms with E-state index in [1.165, 1.54) is 54.3 Å². The molecule has 1 aliphatic rings. The molecule has 4 nitrogen and oxygen atoms in total. The molecule has 0 unspecified atom stereocenters. The van der Waals surface area contributed by atoms with Crippen LogP contribution in [0.3, 0.4) is 0 Å². The maximum Gasteiger partial charge on any atom is 0.471 e. The Balaban J connectivity index is 1.93. The van der Waals surface area contributed by atoms with Gasteiger partial charge in [0.15, 0.2) is 0 Å². The van der Waals surface area contributed by atoms with Crippen molar-refractivity contribution in [2.24, 2.45) is 5.41 Å². The van der Waals surface area contributed by atoms with Gasteiger partial charge in [0.2, 0.25) is 5.91 Å². The Hall–Kier alpha value is -3.35. The minimum Gasteiger partial charge on any atom is -0.323 e. The van der Waals surface area contributed by atoms with E-state index in [9.17, 15) is 22.8 Å². The van der Waals surface area contributed by atoms with E-state index < -0.39 is 12.1 Å². The minimum absolute atomic E-state index is 0.0188. The molecule has 2 amide bonds. The van der Waals surface area contributed by atoms with Crippen molar-refractivity contribution in [3.63, 3.8) is 0 Å². The number of amides is 2. The summed E-state index contributed by atoms with van der Waals surface area (Å²) in [7, 11) is 0. The second kappa shape index (κ2) is 11.9. The van der Waals surface area contributed by atoms with E-state index in [4.69, 9.17) is 0 Å². The van der Waals surface area contributed by atoms with Crippen molar-refractivity contribution < 1.29 is 22.8 Å². The average Bonchev–Trinajstić information content (AvgIpc) is 2.73. The van der Waals surface area contributed by atoms with Crippen molar-refractivity contribution in [2.45, 2.75) is 60.1 Å². The van der Waals surface area contributed by atoms with Crippen LogP contribution >= 0.6 is 0 Å². The second-order valence-corrected chi connectivity index (χ2v) is 9.44. The molecule has 0 bridgehead atoms. The normalized spacial score (nSPS) is 17.3. The molecule has 0 saturated heterocycles. The smallest absolute Gasteiger partial charge is 0.323 e. The van der Waals surface area contributed by atoms with Gasteiger partial charge in [-0.2, -0.15) is 13.2 Å². The molecule has 0 aliphatic heterocycles. The molecule has 2 N–H and O–H groups in total. The third kappa shape index (κ3) is 9.08. The first kappa shape index (κ1) is 27.9. The van der Waals surface area contributed by atoms with E-state index in [1.807, 2.05) is 25.2 Å². The maximum atomic E-state index is 12.3. The molecule has 0 saturated carbocycles. The molecular weight excluding hydrogens is 453 g/mol. The number of benzene rings is 1. The molecule has 1 aromatic carbocycles. The predicted molar refractivity (Wildman–Crippen MR) is 136 cm³/mol. The van der Waals surface area contributed by atoms with E-state index in [-0.39, 0.29) is 17.0 Å². The number of carbonyl (C=O) groups is 2. The zero-order chi connectivity index (χ0) is 26.2. The van der Waals surface area contributed by atoms with Crippen LogP contribution in [-0.4, -0.2) is 18.0 Å². The summed E-state index contributed by atoms with van der Waals surface area (Å²) in [5, 5.41) is 4.39. The number of rotatable bonds is 7. The summed E-state index contributed by atoms with van der Waals surface area (Å²) in [6.07, 6.45) is 10.0. The number of allylic oxidation sites excluding steroid dienone is 9. The number of alkyl halides is 3. The van der Waals surface area contributed by atoms with Crippen LogP contribution in [0.5, 0.6) is 0 Å². The molecule has 0 fully saturated rings. The first-order valence-electron chi connectivity index (χ1n) is 11.5. The second-order valence-electron chi connectivity index (χ2n) is 9.44. The lowest BCUT2D eigenvalue weighted by Crippen LogP contribution is -2.29. The van der Waals surface area contributed by atoms with Crippen LogP contribution in [0.15, 0.2) is 83.0 Å². The van der Waals surface area contributed by atoms with Crippen LogP contribution in [-0.2, 0) is 9.59 Å². The van der Waals surface area contributed by atoms with E-state index in [0.717, 1.165) is 17.6 Å². The molecule has 1 aromatic rings. The van der Waals surface area contributed by atoms with Gasteiger partial charge >= 0.3 is 12.1 Å². The molecule has 0 heterocycles. The highest BCUT2D eigenvalue weighted by Crippen LogP contribution is 2.40. The highest BCUT2D eigenvalue weighted by molar-refractivity contribution is 6.00. The Bertz CT molecular complexity index is 1090. The SMILES string of the molecule is CC(C=CC1=C(C)CCCC1(C)C)=CC=CC(C)=CC(=O)Nc1ccc(NC(=O)C(F)(F)F)cc1. The standard InChI is InChI=1S/C28H33F3N2O2/c1-19(11-16-24-21(3)10-7-17-27(24,4)5)8-6-9-20(2)18-25(34)32-22-12-14-23(15-13-22)33-26(35)28(29,30)31/h6,8-9,11-16,18H,7,10,17H2,1-5H3,(H,32,34)(H,33,35). The van der Waals surface area contributed by atoms with Gasteiger partial charge in [0.1, 0.15) is 0 Å². The van der Waals surface area contributed by atoms with Crippen LogP contribution in [0, 0.1) is 5.41 Å². The summed E-state index contributed by atoms with van der Waals surface area (Å²) in [5.41, 5.74) is 5.25. The fraction of sp³-hybridized carbons (Fsp3) is 0.357. The lowest BCUT2D eigenvalue weighted by atomic mass is 9.72. The van der Waals surface area contributed by atoms with Crippen molar-refractivity contribution in [3.05, 3.63) is 83.0 Å². The van der Waals surface area contributed by atoms with E-state index in [2.05, 4.69) is 38.2 Å². The van der Waals surface area contributed by atoms with Gasteiger partial charge < -0.3 is 10.6 Å². The van der Waals surface area contributed by atoms with Gasteiger partial charge in [0, 0.05) is 17.5 Å². The third-order valence-electron chi connectivity index (χ3n) is 5.80. The first-order valence-corrected chi connectivity index (χ1v) is 11.5. The number of hydrogen-bond acceptors (Lipinski definition) is 2.